The number of carbonyl (C=O) groups is 2. The number of ether oxygens (including phenoxy) is 1. The summed E-state index contributed by atoms with van der Waals surface area (Å²) in [5.74, 6) is -0.922. The molecule has 2 heterocycles. The number of benzene rings is 2. The molecule has 1 aromatic heterocycles. The van der Waals surface area contributed by atoms with Crippen molar-refractivity contribution in [3.8, 4) is 5.75 Å². The number of hydrogen-bond acceptors (Lipinski definition) is 5. The SMILES string of the molecule is CC(C)COc1cccc(/C(O)=C2/C(=O)C(=O)N(c3ccc(Cl)cc3)C2c2ccccn2)c1. The summed E-state index contributed by atoms with van der Waals surface area (Å²) in [5, 5.41) is 11.7. The first-order valence-electron chi connectivity index (χ1n) is 10.6. The van der Waals surface area contributed by atoms with Crippen LogP contribution in [0, 0.1) is 5.92 Å². The molecule has 4 rings (SSSR count). The molecular formula is C26H23ClN2O4. The van der Waals surface area contributed by atoms with Gasteiger partial charge in [0.05, 0.1) is 17.9 Å². The second-order valence-electron chi connectivity index (χ2n) is 8.13. The zero-order valence-corrected chi connectivity index (χ0v) is 19.0. The van der Waals surface area contributed by atoms with Crippen LogP contribution in [-0.4, -0.2) is 28.4 Å². The maximum Gasteiger partial charge on any atom is 0.300 e. The van der Waals surface area contributed by atoms with Crippen molar-refractivity contribution < 1.29 is 19.4 Å². The van der Waals surface area contributed by atoms with Crippen LogP contribution in [0.1, 0.15) is 31.1 Å². The van der Waals surface area contributed by atoms with E-state index in [4.69, 9.17) is 16.3 Å². The molecule has 1 atom stereocenters. The van der Waals surface area contributed by atoms with Gasteiger partial charge in [-0.3, -0.25) is 19.5 Å². The molecule has 7 heteroatoms. The van der Waals surface area contributed by atoms with Crippen LogP contribution in [-0.2, 0) is 9.59 Å². The maximum atomic E-state index is 13.2. The Kier molecular flexibility index (Phi) is 6.47. The fraction of sp³-hybridized carbons (Fsp3) is 0.192. The third kappa shape index (κ3) is 4.61. The van der Waals surface area contributed by atoms with Gasteiger partial charge in [0, 0.05) is 22.5 Å². The van der Waals surface area contributed by atoms with E-state index in [1.165, 1.54) is 4.90 Å². The molecular weight excluding hydrogens is 440 g/mol. The first-order chi connectivity index (χ1) is 15.9. The number of carbonyl (C=O) groups excluding carboxylic acids is 2. The zero-order chi connectivity index (χ0) is 23.5. The van der Waals surface area contributed by atoms with Gasteiger partial charge in [0.25, 0.3) is 11.7 Å². The molecule has 1 saturated heterocycles. The molecule has 1 fully saturated rings. The molecule has 0 saturated carbocycles. The number of aromatic nitrogens is 1. The summed E-state index contributed by atoms with van der Waals surface area (Å²) in [5.41, 5.74) is 1.28. The van der Waals surface area contributed by atoms with Crippen molar-refractivity contribution in [1.82, 2.24) is 4.98 Å². The Bertz CT molecular complexity index is 1210. The Labute approximate surface area is 197 Å². The lowest BCUT2D eigenvalue weighted by Crippen LogP contribution is -2.29. The molecule has 3 aromatic rings. The van der Waals surface area contributed by atoms with E-state index in [9.17, 15) is 14.7 Å². The van der Waals surface area contributed by atoms with E-state index in [-0.39, 0.29) is 11.3 Å². The molecule has 168 valence electrons. The summed E-state index contributed by atoms with van der Waals surface area (Å²) in [6, 6.07) is 17.8. The van der Waals surface area contributed by atoms with Crippen LogP contribution in [0.4, 0.5) is 5.69 Å². The van der Waals surface area contributed by atoms with Gasteiger partial charge in [0.2, 0.25) is 0 Å². The fourth-order valence-electron chi connectivity index (χ4n) is 3.67. The monoisotopic (exact) mass is 462 g/mol. The lowest BCUT2D eigenvalue weighted by molar-refractivity contribution is -0.132. The van der Waals surface area contributed by atoms with Gasteiger partial charge in [-0.1, -0.05) is 43.6 Å². The molecule has 33 heavy (non-hydrogen) atoms. The minimum Gasteiger partial charge on any atom is -0.507 e. The minimum atomic E-state index is -0.896. The minimum absolute atomic E-state index is 0.0327. The van der Waals surface area contributed by atoms with Crippen molar-refractivity contribution in [3.05, 3.63) is 94.8 Å². The summed E-state index contributed by atoms with van der Waals surface area (Å²) < 4.78 is 5.76. The number of halogens is 1. The van der Waals surface area contributed by atoms with Crippen LogP contribution in [0.3, 0.4) is 0 Å². The highest BCUT2D eigenvalue weighted by molar-refractivity contribution is 6.51. The van der Waals surface area contributed by atoms with Gasteiger partial charge >= 0.3 is 0 Å². The maximum absolute atomic E-state index is 13.2. The Morgan fingerprint density at radius 2 is 1.85 bits per heavy atom. The summed E-state index contributed by atoms with van der Waals surface area (Å²) in [6.45, 7) is 4.59. The second kappa shape index (κ2) is 9.46. The van der Waals surface area contributed by atoms with Crippen LogP contribution in [0.15, 0.2) is 78.5 Å². The number of hydrogen-bond donors (Lipinski definition) is 1. The molecule has 0 bridgehead atoms. The summed E-state index contributed by atoms with van der Waals surface area (Å²) in [4.78, 5) is 32.0. The molecule has 1 aliphatic rings. The van der Waals surface area contributed by atoms with E-state index >= 15 is 0 Å². The number of rotatable bonds is 6. The molecule has 1 aliphatic heterocycles. The molecule has 0 aliphatic carbocycles. The molecule has 1 N–H and O–H groups in total. The molecule has 0 spiro atoms. The van der Waals surface area contributed by atoms with Crippen LogP contribution >= 0.6 is 11.6 Å². The van der Waals surface area contributed by atoms with Gasteiger partial charge < -0.3 is 9.84 Å². The number of nitrogens with zero attached hydrogens (tertiary/aromatic N) is 2. The second-order valence-corrected chi connectivity index (χ2v) is 8.57. The Morgan fingerprint density at radius 1 is 1.09 bits per heavy atom. The zero-order valence-electron chi connectivity index (χ0n) is 18.2. The first kappa shape index (κ1) is 22.6. The number of anilines is 1. The summed E-state index contributed by atoms with van der Waals surface area (Å²) in [6.07, 6.45) is 1.58. The van der Waals surface area contributed by atoms with Crippen molar-refractivity contribution >= 4 is 34.7 Å². The average molecular weight is 463 g/mol. The third-order valence-corrected chi connectivity index (χ3v) is 5.46. The topological polar surface area (TPSA) is 79.7 Å². The number of amides is 1. The lowest BCUT2D eigenvalue weighted by atomic mass is 9.98. The number of aliphatic hydroxyl groups excluding tert-OH is 1. The van der Waals surface area contributed by atoms with Crippen molar-refractivity contribution in [2.24, 2.45) is 5.92 Å². The third-order valence-electron chi connectivity index (χ3n) is 5.21. The predicted octanol–water partition coefficient (Wildman–Crippen LogP) is 5.40. The standard InChI is InChI=1S/C26H23ClN2O4/c1-16(2)15-33-20-7-5-6-17(14-20)24(30)22-23(21-8-3-4-13-28-21)29(26(32)25(22)31)19-11-9-18(27)10-12-19/h3-14,16,23,30H,15H2,1-2H3/b24-22-. The van der Waals surface area contributed by atoms with Gasteiger partial charge in [-0.2, -0.15) is 0 Å². The quantitative estimate of drug-likeness (QED) is 0.301. The normalized spacial score (nSPS) is 17.6. The van der Waals surface area contributed by atoms with Crippen LogP contribution in [0.2, 0.25) is 5.02 Å². The predicted molar refractivity (Wildman–Crippen MR) is 127 cm³/mol. The van der Waals surface area contributed by atoms with E-state index in [1.54, 1.807) is 72.9 Å². The van der Waals surface area contributed by atoms with Gasteiger partial charge in [-0.25, -0.2) is 0 Å². The van der Waals surface area contributed by atoms with Crippen molar-refractivity contribution in [2.75, 3.05) is 11.5 Å². The molecule has 0 radical (unpaired) electrons. The highest BCUT2D eigenvalue weighted by atomic mass is 35.5. The van der Waals surface area contributed by atoms with E-state index < -0.39 is 17.7 Å². The fourth-order valence-corrected chi connectivity index (χ4v) is 3.80. The highest BCUT2D eigenvalue weighted by Gasteiger charge is 2.47. The van der Waals surface area contributed by atoms with E-state index in [2.05, 4.69) is 4.98 Å². The lowest BCUT2D eigenvalue weighted by Gasteiger charge is -2.24. The molecule has 2 aromatic carbocycles. The largest absolute Gasteiger partial charge is 0.507 e. The van der Waals surface area contributed by atoms with E-state index in [0.717, 1.165) is 0 Å². The summed E-state index contributed by atoms with van der Waals surface area (Å²) in [7, 11) is 0. The van der Waals surface area contributed by atoms with Crippen LogP contribution in [0.25, 0.3) is 5.76 Å². The highest BCUT2D eigenvalue weighted by Crippen LogP contribution is 2.41. The van der Waals surface area contributed by atoms with Gasteiger partial charge in [0.1, 0.15) is 17.6 Å². The van der Waals surface area contributed by atoms with Gasteiger partial charge in [-0.05, 0) is 54.4 Å². The van der Waals surface area contributed by atoms with Crippen LogP contribution in [0.5, 0.6) is 5.75 Å². The summed E-state index contributed by atoms with van der Waals surface area (Å²) >= 11 is 6.01. The molecule has 6 nitrogen and oxygen atoms in total. The van der Waals surface area contributed by atoms with Crippen molar-refractivity contribution in [3.63, 3.8) is 0 Å². The number of Topliss-reactive ketones (excluding diaryl/α,β-unsaturated/α-hetero) is 1. The molecule has 1 unspecified atom stereocenters. The number of pyridine rings is 1. The van der Waals surface area contributed by atoms with E-state index in [0.29, 0.717) is 40.2 Å². The Hall–Kier alpha value is -3.64. The Balaban J connectivity index is 1.84. The first-order valence-corrected chi connectivity index (χ1v) is 11.0. The average Bonchev–Trinajstić information content (AvgIpc) is 3.09. The smallest absolute Gasteiger partial charge is 0.300 e. The van der Waals surface area contributed by atoms with Gasteiger partial charge in [-0.15, -0.1) is 0 Å². The molecule has 1 amide bonds. The number of aliphatic hydroxyl groups is 1. The number of ketones is 1. The van der Waals surface area contributed by atoms with E-state index in [1.807, 2.05) is 13.8 Å². The van der Waals surface area contributed by atoms with Crippen LogP contribution < -0.4 is 9.64 Å². The van der Waals surface area contributed by atoms with Gasteiger partial charge in [0.15, 0.2) is 0 Å². The van der Waals surface area contributed by atoms with Crippen molar-refractivity contribution in [2.45, 2.75) is 19.9 Å². The van der Waals surface area contributed by atoms with Crippen molar-refractivity contribution in [1.29, 1.82) is 0 Å². The Morgan fingerprint density at radius 3 is 2.52 bits per heavy atom.